The van der Waals surface area contributed by atoms with Gasteiger partial charge in [-0.1, -0.05) is 30.7 Å². The first-order chi connectivity index (χ1) is 14.5. The topological polar surface area (TPSA) is 84.8 Å². The Balaban J connectivity index is 1.81. The van der Waals surface area contributed by atoms with Gasteiger partial charge in [-0.25, -0.2) is 19.2 Å². The van der Waals surface area contributed by atoms with Crippen LogP contribution in [0.3, 0.4) is 0 Å². The van der Waals surface area contributed by atoms with Crippen LogP contribution < -0.4 is 4.72 Å². The molecule has 2 atom stereocenters. The summed E-state index contributed by atoms with van der Waals surface area (Å²) in [5.74, 6) is 1.02. The van der Waals surface area contributed by atoms with Crippen molar-refractivity contribution in [2.45, 2.75) is 37.3 Å². The van der Waals surface area contributed by atoms with E-state index in [0.717, 1.165) is 40.4 Å². The monoisotopic (exact) mass is 480 g/mol. The van der Waals surface area contributed by atoms with Crippen LogP contribution in [-0.2, 0) is 21.8 Å². The van der Waals surface area contributed by atoms with Crippen molar-refractivity contribution in [1.82, 2.24) is 15.0 Å². The van der Waals surface area contributed by atoms with Gasteiger partial charge in [0.05, 0.1) is 42.8 Å². The number of rotatable bonds is 8. The van der Waals surface area contributed by atoms with Gasteiger partial charge in [-0.05, 0) is 31.4 Å². The van der Waals surface area contributed by atoms with E-state index in [-0.39, 0.29) is 5.16 Å². The Morgan fingerprint density at radius 3 is 2.73 bits per heavy atom. The fourth-order valence-corrected chi connectivity index (χ4v) is 5.82. The summed E-state index contributed by atoms with van der Waals surface area (Å²) in [6.45, 7) is 1.98. The maximum absolute atomic E-state index is 12.2. The fraction of sp³-hybridized carbons (Fsp3) is 0.350. The van der Waals surface area contributed by atoms with Gasteiger partial charge in [0.15, 0.2) is 0 Å². The third-order valence-electron chi connectivity index (χ3n) is 4.56. The average Bonchev–Trinajstić information content (AvgIpc) is 3.49. The lowest BCUT2D eigenvalue weighted by molar-refractivity contribution is 0.679. The number of halogens is 1. The van der Waals surface area contributed by atoms with E-state index < -0.39 is 21.8 Å². The Hall–Kier alpha value is -1.68. The van der Waals surface area contributed by atoms with Crippen molar-refractivity contribution in [2.75, 3.05) is 16.7 Å². The summed E-state index contributed by atoms with van der Waals surface area (Å²) in [6.07, 6.45) is 6.25. The molecule has 3 aromatic rings. The first-order valence-corrected chi connectivity index (χ1v) is 13.7. The van der Waals surface area contributed by atoms with Gasteiger partial charge in [-0.15, -0.1) is 11.3 Å². The molecule has 2 unspecified atom stereocenters. The van der Waals surface area contributed by atoms with Crippen LogP contribution in [0, 0.1) is 0 Å². The zero-order valence-electron chi connectivity index (χ0n) is 16.6. The molecule has 1 aliphatic carbocycles. The first-order valence-electron chi connectivity index (χ1n) is 9.59. The number of hydrogen-bond donors (Lipinski definition) is 1. The van der Waals surface area contributed by atoms with Crippen molar-refractivity contribution >= 4 is 50.4 Å². The van der Waals surface area contributed by atoms with Crippen molar-refractivity contribution < 1.29 is 8.42 Å². The third kappa shape index (κ3) is 4.64. The van der Waals surface area contributed by atoms with Gasteiger partial charge < -0.3 is 4.72 Å². The number of hydrogen-bond acceptors (Lipinski definition) is 6. The van der Waals surface area contributed by atoms with Gasteiger partial charge in [0.1, 0.15) is 11.0 Å². The molecule has 0 radical (unpaired) electrons. The van der Waals surface area contributed by atoms with Gasteiger partial charge in [0.25, 0.3) is 0 Å². The summed E-state index contributed by atoms with van der Waals surface area (Å²) in [4.78, 5) is 14.4. The van der Waals surface area contributed by atoms with E-state index >= 15 is 0 Å². The van der Waals surface area contributed by atoms with E-state index in [1.807, 2.05) is 25.1 Å². The van der Waals surface area contributed by atoms with Crippen LogP contribution in [0.5, 0.6) is 0 Å². The molecular formula is C20H21ClN4O2S3. The quantitative estimate of drug-likeness (QED) is 0.457. The smallest absolute Gasteiger partial charge is 0.218 e. The average molecular weight is 481 g/mol. The van der Waals surface area contributed by atoms with Crippen LogP contribution in [0.2, 0.25) is 5.02 Å². The molecule has 0 saturated heterocycles. The lowest BCUT2D eigenvalue weighted by Gasteiger charge is -2.11. The van der Waals surface area contributed by atoms with Crippen LogP contribution in [0.25, 0.3) is 21.8 Å². The van der Waals surface area contributed by atoms with Crippen molar-refractivity contribution in [1.29, 1.82) is 0 Å². The highest BCUT2D eigenvalue weighted by molar-refractivity contribution is 7.86. The summed E-state index contributed by atoms with van der Waals surface area (Å²) in [5.41, 5.74) is 2.79. The van der Waals surface area contributed by atoms with Gasteiger partial charge in [0, 0.05) is 29.7 Å². The molecule has 1 fully saturated rings. The predicted octanol–water partition coefficient (Wildman–Crippen LogP) is 5.02. The fourth-order valence-electron chi connectivity index (χ4n) is 2.96. The van der Waals surface area contributed by atoms with E-state index in [2.05, 4.69) is 14.7 Å². The molecule has 1 aliphatic rings. The molecule has 158 valence electrons. The van der Waals surface area contributed by atoms with E-state index in [9.17, 15) is 8.42 Å². The van der Waals surface area contributed by atoms with E-state index in [1.165, 1.54) is 0 Å². The number of anilines is 1. The van der Waals surface area contributed by atoms with Crippen molar-refractivity contribution in [3.8, 4) is 21.8 Å². The molecule has 10 heteroatoms. The molecule has 0 amide bonds. The highest BCUT2D eigenvalue weighted by Crippen LogP contribution is 2.48. The number of benzene rings is 1. The van der Waals surface area contributed by atoms with Crippen molar-refractivity contribution in [3.05, 3.63) is 40.5 Å². The molecule has 1 N–H and O–H groups in total. The molecule has 2 aromatic heterocycles. The Bertz CT molecular complexity index is 1130. The Kier molecular flexibility index (Phi) is 6.62. The summed E-state index contributed by atoms with van der Waals surface area (Å²) >= 11 is 8.32. The first kappa shape index (κ1) is 21.5. The van der Waals surface area contributed by atoms with E-state index in [1.54, 1.807) is 29.9 Å². The summed E-state index contributed by atoms with van der Waals surface area (Å²) < 4.78 is 27.1. The highest BCUT2D eigenvalue weighted by atomic mass is 35.5. The number of nitrogens with one attached hydrogen (secondary N) is 1. The van der Waals surface area contributed by atoms with Crippen LogP contribution in [0.4, 0.5) is 5.69 Å². The number of nitrogens with zero attached hydrogens (tertiary/aromatic N) is 3. The van der Waals surface area contributed by atoms with Gasteiger partial charge in [0.2, 0.25) is 5.16 Å². The van der Waals surface area contributed by atoms with Crippen LogP contribution in [-0.4, -0.2) is 35.4 Å². The van der Waals surface area contributed by atoms with E-state index in [4.69, 9.17) is 16.6 Å². The summed E-state index contributed by atoms with van der Waals surface area (Å²) in [5, 5.41) is 1.82. The molecule has 30 heavy (non-hydrogen) atoms. The minimum atomic E-state index is -1.28. The van der Waals surface area contributed by atoms with Crippen LogP contribution in [0.1, 0.15) is 37.1 Å². The second kappa shape index (κ2) is 9.21. The zero-order valence-corrected chi connectivity index (χ0v) is 19.8. The lowest BCUT2D eigenvalue weighted by atomic mass is 10.1. The van der Waals surface area contributed by atoms with Crippen LogP contribution in [0.15, 0.2) is 35.6 Å². The Labute approximate surface area is 189 Å². The maximum Gasteiger partial charge on any atom is 0.218 e. The van der Waals surface area contributed by atoms with Crippen molar-refractivity contribution in [2.24, 2.45) is 0 Å². The molecule has 0 spiro atoms. The molecule has 4 rings (SSSR count). The number of thiazole rings is 1. The second-order valence-corrected chi connectivity index (χ2v) is 11.0. The standard InChI is InChI=1S/C20H21ClN4O2S3/c1-3-11-30(27)25-14-6-4-5-13(16(14)21)17-18(28-19(24-17)12-7-8-12)15-9-10-22-20(23-15)29(2)26/h4-6,9-10,12,25H,3,7-8,11H2,1-2H3. The molecular weight excluding hydrogens is 460 g/mol. The Morgan fingerprint density at radius 2 is 2.03 bits per heavy atom. The van der Waals surface area contributed by atoms with Gasteiger partial charge >= 0.3 is 0 Å². The summed E-state index contributed by atoms with van der Waals surface area (Å²) in [7, 11) is -2.47. The zero-order chi connectivity index (χ0) is 21.3. The summed E-state index contributed by atoms with van der Waals surface area (Å²) in [6, 6.07) is 7.40. The second-order valence-electron chi connectivity index (χ2n) is 7.00. The largest absolute Gasteiger partial charge is 0.304 e. The minimum Gasteiger partial charge on any atom is -0.304 e. The molecule has 0 bridgehead atoms. The molecule has 1 aromatic carbocycles. The normalized spacial score (nSPS) is 15.7. The molecule has 0 aliphatic heterocycles. The SMILES string of the molecule is CCCS(=O)Nc1cccc(-c2nc(C3CC3)sc2-c2ccnc(S(C)=O)n2)c1Cl. The van der Waals surface area contributed by atoms with Crippen LogP contribution >= 0.6 is 22.9 Å². The molecule has 6 nitrogen and oxygen atoms in total. The van der Waals surface area contributed by atoms with Crippen molar-refractivity contribution in [3.63, 3.8) is 0 Å². The number of aromatic nitrogens is 3. The third-order valence-corrected chi connectivity index (χ3v) is 8.15. The Morgan fingerprint density at radius 1 is 1.23 bits per heavy atom. The molecule has 1 saturated carbocycles. The van der Waals surface area contributed by atoms with Gasteiger partial charge in [-0.2, -0.15) is 0 Å². The van der Waals surface area contributed by atoms with E-state index in [0.29, 0.717) is 28.1 Å². The van der Waals surface area contributed by atoms with Gasteiger partial charge in [-0.3, -0.25) is 4.21 Å². The lowest BCUT2D eigenvalue weighted by Crippen LogP contribution is -2.08. The molecule has 2 heterocycles. The predicted molar refractivity (Wildman–Crippen MR) is 125 cm³/mol. The highest BCUT2D eigenvalue weighted by Gasteiger charge is 2.30. The maximum atomic E-state index is 12.2. The minimum absolute atomic E-state index is 0.288.